The zero-order valence-electron chi connectivity index (χ0n) is 19.8. The van der Waals surface area contributed by atoms with Crippen LogP contribution >= 0.6 is 44.1 Å². The van der Waals surface area contributed by atoms with E-state index in [1.807, 2.05) is 6.07 Å². The van der Waals surface area contributed by atoms with Crippen LogP contribution in [0.1, 0.15) is 29.7 Å². The Balaban J connectivity index is 1.61. The summed E-state index contributed by atoms with van der Waals surface area (Å²) in [6, 6.07) is 25.2. The molecule has 0 unspecified atom stereocenters. The fourth-order valence-electron chi connectivity index (χ4n) is 5.10. The van der Waals surface area contributed by atoms with E-state index in [2.05, 4.69) is 120 Å². The number of aromatic nitrogens is 3. The summed E-state index contributed by atoms with van der Waals surface area (Å²) in [5.41, 5.74) is 9.00. The molecule has 1 N–H and O–H groups in total. The highest BCUT2D eigenvalue weighted by atomic mass is 79.9. The third kappa shape index (κ3) is 4.23. The topological polar surface area (TPSA) is 34.3 Å². The van der Waals surface area contributed by atoms with Gasteiger partial charge >= 0.3 is 0 Å². The lowest BCUT2D eigenvalue weighted by atomic mass is 9.98. The van der Waals surface area contributed by atoms with Crippen molar-refractivity contribution in [3.63, 3.8) is 0 Å². The molecule has 1 aliphatic rings. The van der Waals surface area contributed by atoms with Gasteiger partial charge in [0.15, 0.2) is 5.82 Å². The lowest BCUT2D eigenvalue weighted by Gasteiger charge is -2.12. The minimum absolute atomic E-state index is 0.673. The number of aryl methyl sites for hydroxylation is 3. The van der Waals surface area contributed by atoms with E-state index < -0.39 is 0 Å². The monoisotopic (exact) mass is 618 g/mol. The molecule has 0 saturated carbocycles. The van der Waals surface area contributed by atoms with Crippen molar-refractivity contribution in [2.45, 2.75) is 32.7 Å². The van der Waals surface area contributed by atoms with Crippen LogP contribution in [0.3, 0.4) is 0 Å². The van der Waals surface area contributed by atoms with Gasteiger partial charge in [-0.15, -0.1) is 5.10 Å². The summed E-state index contributed by atoms with van der Waals surface area (Å²) in [7, 11) is 0. The number of rotatable bonds is 4. The van der Waals surface area contributed by atoms with E-state index in [1.54, 1.807) is 0 Å². The molecule has 0 fully saturated rings. The molecule has 36 heavy (non-hydrogen) atoms. The number of thiocarbonyl (C=S) groups is 1. The maximum Gasteiger partial charge on any atom is 0.162 e. The van der Waals surface area contributed by atoms with Crippen LogP contribution in [0, 0.1) is 6.92 Å². The molecule has 0 saturated heterocycles. The van der Waals surface area contributed by atoms with Crippen LogP contribution in [0.5, 0.6) is 0 Å². The average molecular weight is 620 g/mol. The summed E-state index contributed by atoms with van der Waals surface area (Å²) < 4.78 is 6.58. The van der Waals surface area contributed by atoms with Crippen LogP contribution in [0.4, 0.5) is 5.69 Å². The second-order valence-electron chi connectivity index (χ2n) is 9.21. The molecule has 7 heteroatoms. The summed E-state index contributed by atoms with van der Waals surface area (Å²) in [6.45, 7) is 3.02. The first-order valence-electron chi connectivity index (χ1n) is 12.0. The predicted octanol–water partition coefficient (Wildman–Crippen LogP) is 8.43. The maximum atomic E-state index is 6.09. The largest absolute Gasteiger partial charge is 0.345 e. The van der Waals surface area contributed by atoms with Crippen molar-refractivity contribution < 1.29 is 0 Å². The predicted molar refractivity (Wildman–Crippen MR) is 159 cm³/mol. The number of nitrogens with zero attached hydrogens (tertiary/aromatic N) is 3. The van der Waals surface area contributed by atoms with Gasteiger partial charge in [-0.3, -0.25) is 0 Å². The minimum Gasteiger partial charge on any atom is -0.345 e. The van der Waals surface area contributed by atoms with Gasteiger partial charge in [-0.1, -0.05) is 80.5 Å². The number of nitrogens with one attached hydrogen (secondary N) is 1. The quantitative estimate of drug-likeness (QED) is 0.205. The van der Waals surface area contributed by atoms with Gasteiger partial charge < -0.3 is 9.88 Å². The van der Waals surface area contributed by atoms with Crippen LogP contribution in [0.25, 0.3) is 28.2 Å². The average Bonchev–Trinajstić information content (AvgIpc) is 3.28. The standard InChI is InChI=1S/C29H24Br2N4S/c1-18-5-4-6-23(17-18)32-28(36)26-25(19-8-12-21(30)13-9-19)24-7-2-3-16-34-27(33-35(26)29(24)34)20-10-14-22(31)15-11-20/h4-6,8-15,17H,2-3,7,16H2,1H3,(H,32,36). The van der Waals surface area contributed by atoms with Crippen LogP contribution in [0.15, 0.2) is 81.7 Å². The van der Waals surface area contributed by atoms with E-state index in [1.165, 1.54) is 16.7 Å². The molecule has 0 spiro atoms. The molecule has 0 amide bonds. The molecule has 1 aliphatic heterocycles. The van der Waals surface area contributed by atoms with Gasteiger partial charge in [-0.25, -0.2) is 4.52 Å². The lowest BCUT2D eigenvalue weighted by Crippen LogP contribution is -2.15. The molecule has 2 aromatic heterocycles. The van der Waals surface area contributed by atoms with Gasteiger partial charge in [0, 0.05) is 37.9 Å². The van der Waals surface area contributed by atoms with Gasteiger partial charge in [-0.2, -0.15) is 0 Å². The molecule has 5 aromatic rings. The zero-order valence-corrected chi connectivity index (χ0v) is 23.8. The third-order valence-corrected chi connectivity index (χ3v) is 8.06. The Morgan fingerprint density at radius 1 is 0.917 bits per heavy atom. The van der Waals surface area contributed by atoms with Crippen LogP contribution in [0.2, 0.25) is 0 Å². The van der Waals surface area contributed by atoms with Crippen LogP contribution in [-0.4, -0.2) is 19.2 Å². The highest BCUT2D eigenvalue weighted by molar-refractivity contribution is 9.10. The fraction of sp³-hybridized carbons (Fsp3) is 0.172. The summed E-state index contributed by atoms with van der Waals surface area (Å²) in [5.74, 6) is 0.975. The van der Waals surface area contributed by atoms with E-state index in [0.29, 0.717) is 4.99 Å². The Morgan fingerprint density at radius 2 is 1.61 bits per heavy atom. The first-order valence-corrected chi connectivity index (χ1v) is 14.0. The van der Waals surface area contributed by atoms with E-state index in [9.17, 15) is 0 Å². The molecule has 4 nitrogen and oxygen atoms in total. The summed E-state index contributed by atoms with van der Waals surface area (Å²) in [6.07, 6.45) is 3.24. The smallest absolute Gasteiger partial charge is 0.162 e. The van der Waals surface area contributed by atoms with E-state index >= 15 is 0 Å². The maximum absolute atomic E-state index is 6.09. The van der Waals surface area contributed by atoms with Gasteiger partial charge in [0.2, 0.25) is 0 Å². The molecule has 6 rings (SSSR count). The molecule has 0 radical (unpaired) electrons. The summed E-state index contributed by atoms with van der Waals surface area (Å²) in [4.78, 5) is 0.673. The number of halogens is 2. The number of hydrogen-bond donors (Lipinski definition) is 1. The number of benzene rings is 3. The zero-order chi connectivity index (χ0) is 24.8. The second kappa shape index (κ2) is 9.61. The van der Waals surface area contributed by atoms with Crippen molar-refractivity contribution >= 4 is 60.4 Å². The number of hydrogen-bond acceptors (Lipinski definition) is 2. The molecule has 0 bridgehead atoms. The van der Waals surface area contributed by atoms with Gasteiger partial charge in [0.05, 0.1) is 0 Å². The van der Waals surface area contributed by atoms with Gasteiger partial charge in [0.25, 0.3) is 0 Å². The summed E-state index contributed by atoms with van der Waals surface area (Å²) in [5, 5.41) is 8.71. The van der Waals surface area contributed by atoms with Gasteiger partial charge in [-0.05, 0) is 73.7 Å². The number of anilines is 1. The van der Waals surface area contributed by atoms with Crippen LogP contribution < -0.4 is 5.32 Å². The second-order valence-corrected chi connectivity index (χ2v) is 11.4. The molecular formula is C29H24Br2N4S. The van der Waals surface area contributed by atoms with E-state index in [4.69, 9.17) is 17.3 Å². The highest BCUT2D eigenvalue weighted by Gasteiger charge is 2.29. The first-order chi connectivity index (χ1) is 17.5. The Hall–Kier alpha value is -2.74. The van der Waals surface area contributed by atoms with Crippen molar-refractivity contribution in [2.24, 2.45) is 0 Å². The molecule has 180 valence electrons. The fourth-order valence-corrected chi connectivity index (χ4v) is 5.94. The van der Waals surface area contributed by atoms with Crippen molar-refractivity contribution in [1.82, 2.24) is 14.2 Å². The van der Waals surface area contributed by atoms with E-state index in [-0.39, 0.29) is 0 Å². The van der Waals surface area contributed by atoms with Gasteiger partial charge in [0.1, 0.15) is 16.3 Å². The molecular weight excluding hydrogens is 596 g/mol. The van der Waals surface area contributed by atoms with Crippen molar-refractivity contribution in [1.29, 1.82) is 0 Å². The minimum atomic E-state index is 0.673. The molecule has 3 heterocycles. The Morgan fingerprint density at radius 3 is 2.31 bits per heavy atom. The lowest BCUT2D eigenvalue weighted by molar-refractivity contribution is 0.645. The third-order valence-electron chi connectivity index (χ3n) is 6.71. The molecule has 0 aliphatic carbocycles. The van der Waals surface area contributed by atoms with Crippen LogP contribution in [-0.2, 0) is 13.0 Å². The van der Waals surface area contributed by atoms with Crippen molar-refractivity contribution in [3.05, 3.63) is 98.6 Å². The SMILES string of the molecule is Cc1cccc(NC(=S)c2c(-c3ccc(Br)cc3)c3c4n(c(-c5ccc(Br)cc5)nn24)CCCC3)c1. The van der Waals surface area contributed by atoms with Crippen molar-refractivity contribution in [2.75, 3.05) is 5.32 Å². The normalized spacial score (nSPS) is 13.1. The Kier molecular flexibility index (Phi) is 6.32. The summed E-state index contributed by atoms with van der Waals surface area (Å²) >= 11 is 13.2. The first kappa shape index (κ1) is 23.6. The van der Waals surface area contributed by atoms with Crippen molar-refractivity contribution in [3.8, 4) is 22.5 Å². The Labute approximate surface area is 232 Å². The molecule has 0 atom stereocenters. The Bertz CT molecular complexity index is 1600. The molecule has 3 aromatic carbocycles. The highest BCUT2D eigenvalue weighted by Crippen LogP contribution is 2.39. The van der Waals surface area contributed by atoms with E-state index in [0.717, 1.165) is 68.7 Å².